The predicted octanol–water partition coefficient (Wildman–Crippen LogP) is 0.210. The van der Waals surface area contributed by atoms with Gasteiger partial charge >= 0.3 is 0 Å². The van der Waals surface area contributed by atoms with Crippen molar-refractivity contribution in [2.45, 2.75) is 6.04 Å². The summed E-state index contributed by atoms with van der Waals surface area (Å²) in [5.41, 5.74) is 0.768. The van der Waals surface area contributed by atoms with Crippen LogP contribution >= 0.6 is 0 Å². The molecule has 6 heteroatoms. The first-order valence-electron chi connectivity index (χ1n) is 4.88. The van der Waals surface area contributed by atoms with Crippen molar-refractivity contribution in [2.24, 2.45) is 0 Å². The van der Waals surface area contributed by atoms with Gasteiger partial charge in [-0.3, -0.25) is 10.1 Å². The van der Waals surface area contributed by atoms with Gasteiger partial charge in [-0.25, -0.2) is 0 Å². The van der Waals surface area contributed by atoms with Gasteiger partial charge in [0.25, 0.3) is 5.69 Å². The van der Waals surface area contributed by atoms with Crippen LogP contribution in [0.4, 0.5) is 5.69 Å². The number of nitrogens with one attached hydrogen (secondary N) is 1. The monoisotopic (exact) mass is 226 g/mol. The highest BCUT2D eigenvalue weighted by Gasteiger charge is 2.11. The third-order valence-corrected chi connectivity index (χ3v) is 2.19. The van der Waals surface area contributed by atoms with Crippen molar-refractivity contribution in [3.63, 3.8) is 0 Å². The van der Waals surface area contributed by atoms with Gasteiger partial charge < -0.3 is 15.5 Å². The average molecular weight is 226 g/mol. The molecule has 1 aromatic rings. The zero-order valence-corrected chi connectivity index (χ0v) is 8.67. The van der Waals surface area contributed by atoms with Crippen LogP contribution in [0, 0.1) is 10.1 Å². The summed E-state index contributed by atoms with van der Waals surface area (Å²) in [4.78, 5) is 9.96. The number of nitro benzene ring substituents is 1. The maximum atomic E-state index is 10.4. The van der Waals surface area contributed by atoms with Gasteiger partial charge in [0, 0.05) is 18.7 Å². The molecular formula is C10H14N2O4. The van der Waals surface area contributed by atoms with Crippen molar-refractivity contribution in [1.29, 1.82) is 0 Å². The summed E-state index contributed by atoms with van der Waals surface area (Å²) >= 11 is 0. The number of aliphatic hydroxyl groups is 2. The van der Waals surface area contributed by atoms with Crippen molar-refractivity contribution in [2.75, 3.05) is 19.8 Å². The minimum absolute atomic E-state index is 0.0163. The third kappa shape index (κ3) is 3.27. The van der Waals surface area contributed by atoms with E-state index in [4.69, 9.17) is 10.2 Å². The van der Waals surface area contributed by atoms with Gasteiger partial charge in [0.15, 0.2) is 0 Å². The summed E-state index contributed by atoms with van der Waals surface area (Å²) in [5, 5.41) is 31.1. The molecule has 6 nitrogen and oxygen atoms in total. The molecule has 0 bridgehead atoms. The number of rotatable bonds is 6. The predicted molar refractivity (Wildman–Crippen MR) is 58.0 cm³/mol. The van der Waals surface area contributed by atoms with E-state index < -0.39 is 4.92 Å². The summed E-state index contributed by atoms with van der Waals surface area (Å²) in [5.74, 6) is 0. The SMILES string of the molecule is O=[N+]([O-])c1ccc([C@@H](CO)NCCO)cc1. The Morgan fingerprint density at radius 2 is 1.94 bits per heavy atom. The van der Waals surface area contributed by atoms with E-state index in [0.717, 1.165) is 5.56 Å². The molecule has 0 fully saturated rings. The summed E-state index contributed by atoms with van der Waals surface area (Å²) in [6.07, 6.45) is 0. The number of nitrogens with zero attached hydrogens (tertiary/aromatic N) is 1. The molecular weight excluding hydrogens is 212 g/mol. The highest BCUT2D eigenvalue weighted by molar-refractivity contribution is 5.34. The van der Waals surface area contributed by atoms with E-state index in [2.05, 4.69) is 5.32 Å². The molecule has 0 unspecified atom stereocenters. The number of hydrogen-bond acceptors (Lipinski definition) is 5. The van der Waals surface area contributed by atoms with Crippen molar-refractivity contribution >= 4 is 5.69 Å². The second kappa shape index (κ2) is 6.16. The molecule has 0 saturated heterocycles. The van der Waals surface area contributed by atoms with Crippen LogP contribution < -0.4 is 5.32 Å². The lowest BCUT2D eigenvalue weighted by atomic mass is 10.1. The molecule has 3 N–H and O–H groups in total. The summed E-state index contributed by atoms with van der Waals surface area (Å²) in [7, 11) is 0. The Labute approximate surface area is 92.7 Å². The molecule has 0 spiro atoms. The Morgan fingerprint density at radius 1 is 1.31 bits per heavy atom. The Hall–Kier alpha value is -1.50. The van der Waals surface area contributed by atoms with E-state index in [-0.39, 0.29) is 24.9 Å². The zero-order valence-electron chi connectivity index (χ0n) is 8.67. The molecule has 0 radical (unpaired) electrons. The molecule has 0 aliphatic carbocycles. The first kappa shape index (κ1) is 12.6. The Balaban J connectivity index is 2.74. The van der Waals surface area contributed by atoms with Crippen LogP contribution in [0.3, 0.4) is 0 Å². The van der Waals surface area contributed by atoms with E-state index in [1.165, 1.54) is 12.1 Å². The fourth-order valence-electron chi connectivity index (χ4n) is 1.35. The third-order valence-electron chi connectivity index (χ3n) is 2.19. The quantitative estimate of drug-likeness (QED) is 0.476. The van der Waals surface area contributed by atoms with Gasteiger partial charge in [-0.2, -0.15) is 0 Å². The minimum Gasteiger partial charge on any atom is -0.395 e. The number of hydrogen-bond donors (Lipinski definition) is 3. The van der Waals surface area contributed by atoms with E-state index in [1.54, 1.807) is 12.1 Å². The van der Waals surface area contributed by atoms with Crippen LogP contribution in [0.2, 0.25) is 0 Å². The van der Waals surface area contributed by atoms with Gasteiger partial charge in [0.2, 0.25) is 0 Å². The molecule has 0 heterocycles. The van der Waals surface area contributed by atoms with Crippen LogP contribution in [0.25, 0.3) is 0 Å². The van der Waals surface area contributed by atoms with Gasteiger partial charge in [0.1, 0.15) is 0 Å². The molecule has 0 aliphatic rings. The summed E-state index contributed by atoms with van der Waals surface area (Å²) in [6, 6.07) is 5.64. The van der Waals surface area contributed by atoms with Crippen LogP contribution in [-0.4, -0.2) is 34.9 Å². The van der Waals surface area contributed by atoms with E-state index in [9.17, 15) is 10.1 Å². The van der Waals surface area contributed by atoms with Gasteiger partial charge in [-0.15, -0.1) is 0 Å². The lowest BCUT2D eigenvalue weighted by Gasteiger charge is -2.15. The zero-order chi connectivity index (χ0) is 12.0. The van der Waals surface area contributed by atoms with E-state index in [1.807, 2.05) is 0 Å². The Bertz CT molecular complexity index is 339. The minimum atomic E-state index is -0.473. The van der Waals surface area contributed by atoms with Crippen LogP contribution in [0.5, 0.6) is 0 Å². The lowest BCUT2D eigenvalue weighted by molar-refractivity contribution is -0.384. The maximum Gasteiger partial charge on any atom is 0.269 e. The van der Waals surface area contributed by atoms with Gasteiger partial charge in [-0.1, -0.05) is 12.1 Å². The molecule has 1 atom stereocenters. The standard InChI is InChI=1S/C10H14N2O4/c13-6-5-11-10(7-14)8-1-3-9(4-2-8)12(15)16/h1-4,10-11,13-14H,5-7H2/t10-/m1/s1. The van der Waals surface area contributed by atoms with Crippen molar-refractivity contribution < 1.29 is 15.1 Å². The second-order valence-corrected chi connectivity index (χ2v) is 3.26. The Kier molecular flexibility index (Phi) is 4.84. The van der Waals surface area contributed by atoms with Gasteiger partial charge in [0.05, 0.1) is 24.2 Å². The smallest absolute Gasteiger partial charge is 0.269 e. The Morgan fingerprint density at radius 3 is 2.38 bits per heavy atom. The molecule has 1 rings (SSSR count). The van der Waals surface area contributed by atoms with Crippen molar-refractivity contribution in [3.05, 3.63) is 39.9 Å². The average Bonchev–Trinajstić information content (AvgIpc) is 2.30. The molecule has 16 heavy (non-hydrogen) atoms. The fourth-order valence-corrected chi connectivity index (χ4v) is 1.35. The number of nitro groups is 1. The van der Waals surface area contributed by atoms with Crippen molar-refractivity contribution in [1.82, 2.24) is 5.32 Å². The fraction of sp³-hybridized carbons (Fsp3) is 0.400. The van der Waals surface area contributed by atoms with E-state index in [0.29, 0.717) is 6.54 Å². The first-order chi connectivity index (χ1) is 7.69. The largest absolute Gasteiger partial charge is 0.395 e. The van der Waals surface area contributed by atoms with Crippen LogP contribution in [0.1, 0.15) is 11.6 Å². The maximum absolute atomic E-state index is 10.4. The molecule has 88 valence electrons. The second-order valence-electron chi connectivity index (χ2n) is 3.26. The topological polar surface area (TPSA) is 95.6 Å². The molecule has 0 aromatic heterocycles. The van der Waals surface area contributed by atoms with Crippen LogP contribution in [0.15, 0.2) is 24.3 Å². The first-order valence-corrected chi connectivity index (χ1v) is 4.88. The highest BCUT2D eigenvalue weighted by Crippen LogP contribution is 2.17. The lowest BCUT2D eigenvalue weighted by Crippen LogP contribution is -2.27. The normalized spacial score (nSPS) is 12.4. The van der Waals surface area contributed by atoms with Crippen molar-refractivity contribution in [3.8, 4) is 0 Å². The number of aliphatic hydroxyl groups excluding tert-OH is 2. The van der Waals surface area contributed by atoms with Gasteiger partial charge in [-0.05, 0) is 5.56 Å². The van der Waals surface area contributed by atoms with Crippen LogP contribution in [-0.2, 0) is 0 Å². The summed E-state index contributed by atoms with van der Waals surface area (Å²) in [6.45, 7) is 0.212. The number of benzene rings is 1. The highest BCUT2D eigenvalue weighted by atomic mass is 16.6. The molecule has 1 aromatic carbocycles. The molecule has 0 amide bonds. The molecule has 0 aliphatic heterocycles. The summed E-state index contributed by atoms with van der Waals surface area (Å²) < 4.78 is 0. The van der Waals surface area contributed by atoms with E-state index >= 15 is 0 Å². The molecule has 0 saturated carbocycles. The number of non-ortho nitro benzene ring substituents is 1.